The Morgan fingerprint density at radius 1 is 1.25 bits per heavy atom. The molecular formula is H6CaMgSeZn. The molecule has 0 rings (SSSR count). The molecule has 0 radical (unpaired) electrons. The fourth-order valence-electron chi connectivity index (χ4n) is 0. The van der Waals surface area contributed by atoms with Crippen LogP contribution in [-0.2, 0) is 19.5 Å². The summed E-state index contributed by atoms with van der Waals surface area (Å²) in [4.78, 5) is 0. The van der Waals surface area contributed by atoms with Gasteiger partial charge >= 0.3 is 77.9 Å². The maximum Gasteiger partial charge on any atom is 0 e. The van der Waals surface area contributed by atoms with Gasteiger partial charge in [-0.1, -0.05) is 0 Å². The molecule has 0 spiro atoms. The first kappa shape index (κ1) is 27.2. The summed E-state index contributed by atoms with van der Waals surface area (Å²) in [5.41, 5.74) is 0. The van der Waals surface area contributed by atoms with Gasteiger partial charge in [-0.15, -0.1) is 0 Å². The molecule has 0 aromatic rings. The van der Waals surface area contributed by atoms with E-state index in [4.69, 9.17) is 0 Å². The van der Waals surface area contributed by atoms with Gasteiger partial charge in [0, 0.05) is 19.5 Å². The van der Waals surface area contributed by atoms with E-state index in [0.717, 1.165) is 0 Å². The van der Waals surface area contributed by atoms with Crippen molar-refractivity contribution in [2.45, 2.75) is 0 Å². The standard InChI is InChI=1S/Ca.Mg.H2Se.Zn.4H/h;;1H2;;;;;/q2*+2;;;4*-1. The van der Waals surface area contributed by atoms with Gasteiger partial charge in [-0.3, -0.25) is 0 Å². The third-order valence-corrected chi connectivity index (χ3v) is 0. The van der Waals surface area contributed by atoms with Gasteiger partial charge in [-0.05, 0) is 0 Å². The molecule has 0 saturated carbocycles. The van der Waals surface area contributed by atoms with Crippen molar-refractivity contribution in [1.29, 1.82) is 0 Å². The minimum atomic E-state index is 0. The molecule has 0 N–H and O–H groups in total. The molecule has 0 saturated heterocycles. The van der Waals surface area contributed by atoms with E-state index >= 15 is 0 Å². The first-order chi connectivity index (χ1) is 0. The smallest absolute Gasteiger partial charge is 0 e. The zero-order chi connectivity index (χ0) is 0. The molecule has 0 aliphatic rings. The van der Waals surface area contributed by atoms with Crippen LogP contribution in [-0.4, -0.2) is 77.9 Å². The SMILES string of the molecule is [Ca+2].[H-].[H-].[H-].[H-].[Mg+2].[SeH2].[Zn]. The van der Waals surface area contributed by atoms with Crippen LogP contribution in [0.3, 0.4) is 0 Å². The third-order valence-electron chi connectivity index (χ3n) is 0. The van der Waals surface area contributed by atoms with E-state index in [-0.39, 0.29) is 103 Å². The van der Waals surface area contributed by atoms with Crippen LogP contribution in [0.5, 0.6) is 0 Å². The van der Waals surface area contributed by atoms with Crippen molar-refractivity contribution < 1.29 is 25.2 Å². The van der Waals surface area contributed by atoms with Gasteiger partial charge in [-0.25, -0.2) is 0 Å². The molecule has 0 fully saturated rings. The molecule has 0 atom stereocenters. The molecule has 0 amide bonds. The molecule has 0 heterocycles. The number of hydrogen-bond donors (Lipinski definition) is 0. The van der Waals surface area contributed by atoms with Crippen molar-refractivity contribution in [3.8, 4) is 0 Å². The molecule has 0 unspecified atom stereocenters. The fourth-order valence-corrected chi connectivity index (χ4v) is 0. The predicted octanol–water partition coefficient (Wildman–Crippen LogP) is -1.23. The average molecular weight is 215 g/mol. The monoisotopic (exact) mass is 214 g/mol. The van der Waals surface area contributed by atoms with Gasteiger partial charge in [0.1, 0.15) is 0 Å². The van der Waals surface area contributed by atoms with Crippen LogP contribution in [0.4, 0.5) is 0 Å². The van der Waals surface area contributed by atoms with Crippen molar-refractivity contribution in [3.05, 3.63) is 0 Å². The van der Waals surface area contributed by atoms with E-state index in [1.54, 1.807) is 0 Å². The van der Waals surface area contributed by atoms with Crippen LogP contribution in [0.25, 0.3) is 0 Å². The molecule has 0 aliphatic carbocycles. The summed E-state index contributed by atoms with van der Waals surface area (Å²) in [5, 5.41) is 0. The second-order valence-electron chi connectivity index (χ2n) is 0. The van der Waals surface area contributed by atoms with Gasteiger partial charge in [0.2, 0.25) is 0 Å². The zero-order valence-electron chi connectivity index (χ0n) is 6.62. The molecule has 18 valence electrons. The minimum Gasteiger partial charge on any atom is 0 e. The largest absolute Gasteiger partial charge is 0 e. The van der Waals surface area contributed by atoms with E-state index in [1.165, 1.54) is 0 Å². The summed E-state index contributed by atoms with van der Waals surface area (Å²) in [7, 11) is 0. The van der Waals surface area contributed by atoms with Crippen LogP contribution in [0.15, 0.2) is 0 Å². The normalized spacial score (nSPS) is 0. The van der Waals surface area contributed by atoms with Gasteiger partial charge in [0.05, 0.1) is 0 Å². The molecular weight excluding hydrogens is 209 g/mol. The first-order valence-electron chi connectivity index (χ1n) is 0. The molecule has 4 heteroatoms. The summed E-state index contributed by atoms with van der Waals surface area (Å²) >= 11 is 0. The van der Waals surface area contributed by atoms with Crippen LogP contribution in [0, 0.1) is 0 Å². The van der Waals surface area contributed by atoms with E-state index in [1.807, 2.05) is 0 Å². The Balaban J connectivity index is 0. The van der Waals surface area contributed by atoms with E-state index in [0.29, 0.717) is 0 Å². The summed E-state index contributed by atoms with van der Waals surface area (Å²) < 4.78 is 0. The molecule has 0 bridgehead atoms. The number of rotatable bonds is 0. The number of hydrogen-bond acceptors (Lipinski definition) is 0. The van der Waals surface area contributed by atoms with Crippen LogP contribution < -0.4 is 0 Å². The second kappa shape index (κ2) is 16.4. The van der Waals surface area contributed by atoms with Gasteiger partial charge in [0.15, 0.2) is 0 Å². The van der Waals surface area contributed by atoms with E-state index in [2.05, 4.69) is 0 Å². The Kier molecular flexibility index (Phi) is 111. The molecule has 0 aromatic carbocycles. The Morgan fingerprint density at radius 2 is 1.25 bits per heavy atom. The van der Waals surface area contributed by atoms with E-state index < -0.39 is 0 Å². The maximum absolute atomic E-state index is 0. The third kappa shape index (κ3) is 8.95. The van der Waals surface area contributed by atoms with E-state index in [9.17, 15) is 0 Å². The second-order valence-corrected chi connectivity index (χ2v) is 0. The summed E-state index contributed by atoms with van der Waals surface area (Å²) in [6.45, 7) is 0. The summed E-state index contributed by atoms with van der Waals surface area (Å²) in [5.74, 6) is 0. The molecule has 0 aliphatic heterocycles. The minimum absolute atomic E-state index is 0. The van der Waals surface area contributed by atoms with Crippen molar-refractivity contribution in [2.24, 2.45) is 0 Å². The molecule has 0 aromatic heterocycles. The Bertz CT molecular complexity index is 16.0. The van der Waals surface area contributed by atoms with Crippen molar-refractivity contribution in [1.82, 2.24) is 0 Å². The summed E-state index contributed by atoms with van der Waals surface area (Å²) in [6, 6.07) is 0. The van der Waals surface area contributed by atoms with Crippen LogP contribution in [0.2, 0.25) is 0 Å². The topological polar surface area (TPSA) is 0 Å². The zero-order valence-corrected chi connectivity index (χ0v) is 11.3. The predicted molar refractivity (Wildman–Crippen MR) is 24.5 cm³/mol. The van der Waals surface area contributed by atoms with Crippen LogP contribution in [0.1, 0.15) is 5.71 Å². The van der Waals surface area contributed by atoms with Crippen molar-refractivity contribution >= 4 is 77.9 Å². The van der Waals surface area contributed by atoms with Gasteiger partial charge < -0.3 is 5.71 Å². The maximum atomic E-state index is 0. The average Bonchev–Trinajstić information content (AvgIpc) is 0. The van der Waals surface area contributed by atoms with Crippen molar-refractivity contribution in [3.63, 3.8) is 0 Å². The quantitative estimate of drug-likeness (QED) is 0.443. The molecule has 4 heavy (non-hydrogen) atoms. The Labute approximate surface area is 101 Å². The van der Waals surface area contributed by atoms with Crippen LogP contribution >= 0.6 is 0 Å². The van der Waals surface area contributed by atoms with Gasteiger partial charge in [-0.2, -0.15) is 0 Å². The Hall–Kier alpha value is 3.17. The molecule has 0 nitrogen and oxygen atoms in total. The fraction of sp³-hybridized carbons (Fsp3) is 0. The Morgan fingerprint density at radius 3 is 1.25 bits per heavy atom. The first-order valence-corrected chi connectivity index (χ1v) is 0. The summed E-state index contributed by atoms with van der Waals surface area (Å²) in [6.07, 6.45) is 0. The van der Waals surface area contributed by atoms with Gasteiger partial charge in [0.25, 0.3) is 0 Å². The van der Waals surface area contributed by atoms with Crippen molar-refractivity contribution in [2.75, 3.05) is 0 Å².